The predicted molar refractivity (Wildman–Crippen MR) is 79.1 cm³/mol. The third kappa shape index (κ3) is 2.45. The summed E-state index contributed by atoms with van der Waals surface area (Å²) in [5.74, 6) is 0.116. The number of aliphatic hydroxyl groups excluding tert-OH is 1. The van der Waals surface area contributed by atoms with Crippen LogP contribution in [0.5, 0.6) is 0 Å². The van der Waals surface area contributed by atoms with E-state index in [1.54, 1.807) is 0 Å². The standard InChI is InChI=1S/C16H16BrNO/c1-10-7-12(9-13(17)8-10)16(19)14-5-4-11-3-2-6-18-15(11)14/h2-3,6-9,14,16,19H,4-5H2,1H3. The fourth-order valence-electron chi connectivity index (χ4n) is 2.92. The third-order valence-electron chi connectivity index (χ3n) is 3.79. The van der Waals surface area contributed by atoms with Gasteiger partial charge in [-0.3, -0.25) is 4.98 Å². The molecule has 1 aromatic heterocycles. The van der Waals surface area contributed by atoms with Gasteiger partial charge < -0.3 is 5.11 Å². The van der Waals surface area contributed by atoms with Gasteiger partial charge in [0.2, 0.25) is 0 Å². The molecular formula is C16H16BrNO. The number of halogens is 1. The van der Waals surface area contributed by atoms with Gasteiger partial charge in [-0.1, -0.05) is 28.1 Å². The third-order valence-corrected chi connectivity index (χ3v) is 4.25. The Hall–Kier alpha value is -1.19. The van der Waals surface area contributed by atoms with Crippen molar-refractivity contribution in [2.75, 3.05) is 0 Å². The van der Waals surface area contributed by atoms with Crippen LogP contribution in [0.25, 0.3) is 0 Å². The Bertz CT molecular complexity index is 591. The van der Waals surface area contributed by atoms with E-state index < -0.39 is 6.10 Å². The summed E-state index contributed by atoms with van der Waals surface area (Å²) >= 11 is 3.49. The van der Waals surface area contributed by atoms with Crippen molar-refractivity contribution in [3.05, 3.63) is 63.4 Å². The summed E-state index contributed by atoms with van der Waals surface area (Å²) < 4.78 is 1.01. The first-order valence-electron chi connectivity index (χ1n) is 6.54. The zero-order valence-corrected chi connectivity index (χ0v) is 12.4. The van der Waals surface area contributed by atoms with E-state index in [2.05, 4.69) is 39.1 Å². The molecule has 0 bridgehead atoms. The van der Waals surface area contributed by atoms with Crippen LogP contribution in [-0.4, -0.2) is 10.1 Å². The molecule has 19 heavy (non-hydrogen) atoms. The number of hydrogen-bond acceptors (Lipinski definition) is 2. The minimum absolute atomic E-state index is 0.116. The lowest BCUT2D eigenvalue weighted by atomic mass is 9.93. The van der Waals surface area contributed by atoms with E-state index in [4.69, 9.17) is 0 Å². The van der Waals surface area contributed by atoms with Gasteiger partial charge in [0.1, 0.15) is 0 Å². The quantitative estimate of drug-likeness (QED) is 0.910. The highest BCUT2D eigenvalue weighted by Gasteiger charge is 2.30. The molecule has 3 heteroatoms. The Morgan fingerprint density at radius 2 is 2.21 bits per heavy atom. The summed E-state index contributed by atoms with van der Waals surface area (Å²) in [6, 6.07) is 10.2. The van der Waals surface area contributed by atoms with Crippen molar-refractivity contribution in [1.29, 1.82) is 0 Å². The van der Waals surface area contributed by atoms with Gasteiger partial charge in [0.05, 0.1) is 6.10 Å². The monoisotopic (exact) mass is 317 g/mol. The lowest BCUT2D eigenvalue weighted by molar-refractivity contribution is 0.143. The Morgan fingerprint density at radius 3 is 3.00 bits per heavy atom. The maximum atomic E-state index is 10.7. The van der Waals surface area contributed by atoms with Crippen molar-refractivity contribution in [2.24, 2.45) is 0 Å². The zero-order valence-electron chi connectivity index (χ0n) is 10.8. The number of aryl methyl sites for hydroxylation is 2. The molecule has 0 aliphatic heterocycles. The fraction of sp³-hybridized carbons (Fsp3) is 0.312. The Labute approximate surface area is 121 Å². The van der Waals surface area contributed by atoms with Crippen molar-refractivity contribution in [3.63, 3.8) is 0 Å². The average molecular weight is 318 g/mol. The smallest absolute Gasteiger partial charge is 0.0874 e. The topological polar surface area (TPSA) is 33.1 Å². The van der Waals surface area contributed by atoms with Crippen molar-refractivity contribution in [3.8, 4) is 0 Å². The van der Waals surface area contributed by atoms with Crippen LogP contribution in [0.15, 0.2) is 41.0 Å². The molecular weight excluding hydrogens is 302 g/mol. The Morgan fingerprint density at radius 1 is 1.37 bits per heavy atom. The molecule has 1 heterocycles. The molecule has 2 atom stereocenters. The van der Waals surface area contributed by atoms with Crippen molar-refractivity contribution in [1.82, 2.24) is 4.98 Å². The molecule has 0 spiro atoms. The van der Waals surface area contributed by atoms with Crippen molar-refractivity contribution >= 4 is 15.9 Å². The van der Waals surface area contributed by atoms with E-state index in [9.17, 15) is 5.11 Å². The highest BCUT2D eigenvalue weighted by molar-refractivity contribution is 9.10. The molecule has 98 valence electrons. The second-order valence-corrected chi connectivity index (χ2v) is 6.12. The fourth-order valence-corrected chi connectivity index (χ4v) is 3.54. The minimum atomic E-state index is -0.479. The molecule has 2 unspecified atom stereocenters. The van der Waals surface area contributed by atoms with Gasteiger partial charge in [-0.25, -0.2) is 0 Å². The number of pyridine rings is 1. The number of fused-ring (bicyclic) bond motifs is 1. The first kappa shape index (κ1) is 12.8. The average Bonchev–Trinajstić information content (AvgIpc) is 2.80. The predicted octanol–water partition coefficient (Wildman–Crippen LogP) is 3.92. The van der Waals surface area contributed by atoms with Crippen LogP contribution in [0, 0.1) is 6.92 Å². The van der Waals surface area contributed by atoms with Gasteiger partial charge >= 0.3 is 0 Å². The molecule has 2 aromatic rings. The number of nitrogens with zero attached hydrogens (tertiary/aromatic N) is 1. The Kier molecular flexibility index (Phi) is 3.42. The first-order chi connectivity index (χ1) is 9.15. The van der Waals surface area contributed by atoms with Crippen LogP contribution >= 0.6 is 15.9 Å². The first-order valence-corrected chi connectivity index (χ1v) is 7.33. The number of aromatic nitrogens is 1. The summed E-state index contributed by atoms with van der Waals surface area (Å²) in [6.45, 7) is 2.04. The lowest BCUT2D eigenvalue weighted by Gasteiger charge is -2.19. The largest absolute Gasteiger partial charge is 0.388 e. The molecule has 0 saturated heterocycles. The molecule has 1 aliphatic rings. The SMILES string of the molecule is Cc1cc(Br)cc(C(O)C2CCc3cccnc32)c1. The maximum Gasteiger partial charge on any atom is 0.0874 e. The van der Waals surface area contributed by atoms with Crippen LogP contribution in [0.4, 0.5) is 0 Å². The molecule has 0 radical (unpaired) electrons. The van der Waals surface area contributed by atoms with Gasteiger partial charge in [-0.15, -0.1) is 0 Å². The van der Waals surface area contributed by atoms with Gasteiger partial charge in [0.15, 0.2) is 0 Å². The number of hydrogen-bond donors (Lipinski definition) is 1. The molecule has 3 rings (SSSR count). The summed E-state index contributed by atoms with van der Waals surface area (Å²) in [5, 5.41) is 10.7. The van der Waals surface area contributed by atoms with E-state index in [0.717, 1.165) is 34.1 Å². The van der Waals surface area contributed by atoms with Crippen LogP contribution in [0.3, 0.4) is 0 Å². The molecule has 0 saturated carbocycles. The molecule has 0 amide bonds. The van der Waals surface area contributed by atoms with E-state index in [0.29, 0.717) is 0 Å². The minimum Gasteiger partial charge on any atom is -0.388 e. The molecule has 2 nitrogen and oxygen atoms in total. The number of aliphatic hydroxyl groups is 1. The van der Waals surface area contributed by atoms with E-state index >= 15 is 0 Å². The highest BCUT2D eigenvalue weighted by atomic mass is 79.9. The van der Waals surface area contributed by atoms with E-state index in [1.807, 2.05) is 25.3 Å². The molecule has 1 aliphatic carbocycles. The second-order valence-electron chi connectivity index (χ2n) is 5.20. The summed E-state index contributed by atoms with van der Waals surface area (Å²) in [7, 11) is 0. The van der Waals surface area contributed by atoms with Gasteiger partial charge in [-0.05, 0) is 54.7 Å². The lowest BCUT2D eigenvalue weighted by Crippen LogP contribution is -2.09. The normalized spacial score (nSPS) is 19.2. The van der Waals surface area contributed by atoms with Crippen LogP contribution in [0.2, 0.25) is 0 Å². The van der Waals surface area contributed by atoms with E-state index in [1.165, 1.54) is 5.56 Å². The van der Waals surface area contributed by atoms with Crippen molar-refractivity contribution in [2.45, 2.75) is 31.8 Å². The second kappa shape index (κ2) is 5.06. The van der Waals surface area contributed by atoms with Crippen LogP contribution in [0.1, 0.15) is 40.8 Å². The van der Waals surface area contributed by atoms with Crippen molar-refractivity contribution < 1.29 is 5.11 Å². The number of benzene rings is 1. The summed E-state index contributed by atoms with van der Waals surface area (Å²) in [6.07, 6.45) is 3.32. The summed E-state index contributed by atoms with van der Waals surface area (Å²) in [5.41, 5.74) is 4.46. The Balaban J connectivity index is 1.95. The molecule has 1 aromatic carbocycles. The van der Waals surface area contributed by atoms with Crippen LogP contribution in [-0.2, 0) is 6.42 Å². The van der Waals surface area contributed by atoms with Gasteiger partial charge in [-0.2, -0.15) is 0 Å². The van der Waals surface area contributed by atoms with Gasteiger partial charge in [0, 0.05) is 22.3 Å². The van der Waals surface area contributed by atoms with Gasteiger partial charge in [0.25, 0.3) is 0 Å². The molecule has 1 N–H and O–H groups in total. The summed E-state index contributed by atoms with van der Waals surface area (Å²) in [4.78, 5) is 4.46. The molecule has 0 fully saturated rings. The van der Waals surface area contributed by atoms with E-state index in [-0.39, 0.29) is 5.92 Å². The maximum absolute atomic E-state index is 10.7. The number of rotatable bonds is 2. The zero-order chi connectivity index (χ0) is 13.4. The van der Waals surface area contributed by atoms with Crippen LogP contribution < -0.4 is 0 Å². The highest BCUT2D eigenvalue weighted by Crippen LogP contribution is 2.40.